The molecule has 0 saturated carbocycles. The fourth-order valence-electron chi connectivity index (χ4n) is 3.17. The molecule has 0 heterocycles. The Morgan fingerprint density at radius 3 is 2.36 bits per heavy atom. The Labute approximate surface area is 170 Å². The highest BCUT2D eigenvalue weighted by Gasteiger charge is 2.29. The highest BCUT2D eigenvalue weighted by molar-refractivity contribution is 7.92. The van der Waals surface area contributed by atoms with Gasteiger partial charge in [0.25, 0.3) is 0 Å². The third-order valence-electron chi connectivity index (χ3n) is 4.50. The molecule has 146 valence electrons. The van der Waals surface area contributed by atoms with Gasteiger partial charge in [0, 0.05) is 11.6 Å². The number of sulfonamides is 1. The number of amides is 1. The molecule has 3 aromatic carbocycles. The number of anilines is 1. The van der Waals surface area contributed by atoms with Gasteiger partial charge < -0.3 is 5.32 Å². The second-order valence-electron chi connectivity index (χ2n) is 6.57. The van der Waals surface area contributed by atoms with E-state index in [0.717, 1.165) is 26.9 Å². The van der Waals surface area contributed by atoms with Crippen LogP contribution >= 0.6 is 11.6 Å². The smallest absolute Gasteiger partial charge is 0.243 e. The van der Waals surface area contributed by atoms with Crippen molar-refractivity contribution in [2.75, 3.05) is 10.6 Å². The van der Waals surface area contributed by atoms with Crippen LogP contribution in [0.1, 0.15) is 12.5 Å². The Bertz CT molecular complexity index is 1090. The Hall–Kier alpha value is -2.57. The number of benzene rings is 3. The summed E-state index contributed by atoms with van der Waals surface area (Å²) in [7, 11) is -3.66. The van der Waals surface area contributed by atoms with Crippen molar-refractivity contribution >= 4 is 44.0 Å². The van der Waals surface area contributed by atoms with Gasteiger partial charge in [0.2, 0.25) is 15.9 Å². The SMILES string of the molecule is C[C@@H](C(=O)NCc1cccc2ccccc12)N(c1ccc(Cl)cc1)S(C)(=O)=O. The quantitative estimate of drug-likeness (QED) is 0.661. The maximum atomic E-state index is 12.7. The molecule has 0 bridgehead atoms. The van der Waals surface area contributed by atoms with Gasteiger partial charge in [-0.15, -0.1) is 0 Å². The normalized spacial score (nSPS) is 12.5. The van der Waals surface area contributed by atoms with E-state index in [0.29, 0.717) is 17.3 Å². The van der Waals surface area contributed by atoms with Crippen molar-refractivity contribution in [3.63, 3.8) is 0 Å². The minimum Gasteiger partial charge on any atom is -0.350 e. The van der Waals surface area contributed by atoms with Gasteiger partial charge in [0.15, 0.2) is 0 Å². The Balaban J connectivity index is 1.81. The molecule has 28 heavy (non-hydrogen) atoms. The average molecular weight is 417 g/mol. The standard InChI is InChI=1S/C21H21ClN2O3S/c1-15(24(28(2,26)27)19-12-10-18(22)11-13-19)21(25)23-14-17-8-5-7-16-6-3-4-9-20(16)17/h3-13,15H,14H2,1-2H3,(H,23,25)/t15-/m0/s1. The monoisotopic (exact) mass is 416 g/mol. The first-order valence-electron chi connectivity index (χ1n) is 8.76. The number of nitrogens with zero attached hydrogens (tertiary/aromatic N) is 1. The largest absolute Gasteiger partial charge is 0.350 e. The van der Waals surface area contributed by atoms with E-state index in [9.17, 15) is 13.2 Å². The van der Waals surface area contributed by atoms with Crippen LogP contribution in [0.5, 0.6) is 0 Å². The molecule has 0 aliphatic rings. The zero-order valence-corrected chi connectivity index (χ0v) is 17.2. The molecule has 5 nitrogen and oxygen atoms in total. The first-order chi connectivity index (χ1) is 13.3. The highest BCUT2D eigenvalue weighted by atomic mass is 35.5. The predicted molar refractivity (Wildman–Crippen MR) is 114 cm³/mol. The number of hydrogen-bond donors (Lipinski definition) is 1. The van der Waals surface area contributed by atoms with E-state index in [-0.39, 0.29) is 5.91 Å². The fourth-order valence-corrected chi connectivity index (χ4v) is 4.47. The molecule has 0 fully saturated rings. The first kappa shape index (κ1) is 20.2. The Kier molecular flexibility index (Phi) is 5.91. The molecule has 7 heteroatoms. The molecular formula is C21H21ClN2O3S. The van der Waals surface area contributed by atoms with E-state index in [1.807, 2.05) is 42.5 Å². The molecule has 3 rings (SSSR count). The summed E-state index contributed by atoms with van der Waals surface area (Å²) in [5.74, 6) is -0.381. The molecule has 3 aromatic rings. The highest BCUT2D eigenvalue weighted by Crippen LogP contribution is 2.23. The predicted octanol–water partition coefficient (Wildman–Crippen LogP) is 3.96. The van der Waals surface area contributed by atoms with E-state index in [2.05, 4.69) is 5.32 Å². The van der Waals surface area contributed by atoms with Crippen molar-refractivity contribution < 1.29 is 13.2 Å². The zero-order chi connectivity index (χ0) is 20.3. The lowest BCUT2D eigenvalue weighted by atomic mass is 10.0. The topological polar surface area (TPSA) is 66.5 Å². The van der Waals surface area contributed by atoms with Crippen LogP contribution in [0.2, 0.25) is 5.02 Å². The van der Waals surface area contributed by atoms with Crippen LogP contribution in [0, 0.1) is 0 Å². The summed E-state index contributed by atoms with van der Waals surface area (Å²) in [6.45, 7) is 1.87. The van der Waals surface area contributed by atoms with E-state index >= 15 is 0 Å². The van der Waals surface area contributed by atoms with Crippen LogP contribution < -0.4 is 9.62 Å². The lowest BCUT2D eigenvalue weighted by Gasteiger charge is -2.28. The summed E-state index contributed by atoms with van der Waals surface area (Å²) in [5.41, 5.74) is 1.36. The number of halogens is 1. The summed E-state index contributed by atoms with van der Waals surface area (Å²) in [5, 5.41) is 5.48. The molecule has 0 aliphatic heterocycles. The number of carbonyl (C=O) groups is 1. The number of nitrogens with one attached hydrogen (secondary N) is 1. The molecule has 0 unspecified atom stereocenters. The average Bonchev–Trinajstić information content (AvgIpc) is 2.66. The van der Waals surface area contributed by atoms with E-state index < -0.39 is 16.1 Å². The maximum Gasteiger partial charge on any atom is 0.243 e. The third kappa shape index (κ3) is 4.46. The van der Waals surface area contributed by atoms with Gasteiger partial charge in [-0.3, -0.25) is 9.10 Å². The number of carbonyl (C=O) groups excluding carboxylic acids is 1. The number of fused-ring (bicyclic) bond motifs is 1. The Morgan fingerprint density at radius 2 is 1.68 bits per heavy atom. The van der Waals surface area contributed by atoms with E-state index in [1.165, 1.54) is 0 Å². The van der Waals surface area contributed by atoms with E-state index in [4.69, 9.17) is 11.6 Å². The molecule has 1 amide bonds. The van der Waals surface area contributed by atoms with Crippen molar-refractivity contribution in [2.24, 2.45) is 0 Å². The van der Waals surface area contributed by atoms with Crippen molar-refractivity contribution in [1.82, 2.24) is 5.32 Å². The molecule has 0 radical (unpaired) electrons. The van der Waals surface area contributed by atoms with Crippen molar-refractivity contribution in [3.8, 4) is 0 Å². The van der Waals surface area contributed by atoms with E-state index in [1.54, 1.807) is 31.2 Å². The lowest BCUT2D eigenvalue weighted by Crippen LogP contribution is -2.47. The summed E-state index contributed by atoms with van der Waals surface area (Å²) >= 11 is 5.89. The molecular weight excluding hydrogens is 396 g/mol. The molecule has 0 aromatic heterocycles. The minimum atomic E-state index is -3.66. The second-order valence-corrected chi connectivity index (χ2v) is 8.86. The van der Waals surface area contributed by atoms with Crippen LogP contribution in [-0.4, -0.2) is 26.6 Å². The zero-order valence-electron chi connectivity index (χ0n) is 15.6. The first-order valence-corrected chi connectivity index (χ1v) is 11.0. The molecule has 0 spiro atoms. The van der Waals surface area contributed by atoms with Gasteiger partial charge in [-0.25, -0.2) is 8.42 Å². The summed E-state index contributed by atoms with van der Waals surface area (Å²) < 4.78 is 25.7. The molecule has 1 N–H and O–H groups in total. The molecule has 1 atom stereocenters. The fraction of sp³-hybridized carbons (Fsp3) is 0.190. The van der Waals surface area contributed by atoms with Crippen molar-refractivity contribution in [2.45, 2.75) is 19.5 Å². The van der Waals surface area contributed by atoms with Crippen LogP contribution in [0.4, 0.5) is 5.69 Å². The van der Waals surface area contributed by atoms with Crippen molar-refractivity contribution in [1.29, 1.82) is 0 Å². The van der Waals surface area contributed by atoms with Gasteiger partial charge in [-0.1, -0.05) is 54.1 Å². The van der Waals surface area contributed by atoms with Crippen molar-refractivity contribution in [3.05, 3.63) is 77.3 Å². The van der Waals surface area contributed by atoms with Gasteiger partial charge in [0.1, 0.15) is 6.04 Å². The van der Waals surface area contributed by atoms with Crippen LogP contribution in [0.25, 0.3) is 10.8 Å². The molecule has 0 aliphatic carbocycles. The van der Waals surface area contributed by atoms with Gasteiger partial charge in [-0.05, 0) is 47.5 Å². The summed E-state index contributed by atoms with van der Waals surface area (Å²) in [6.07, 6.45) is 1.08. The lowest BCUT2D eigenvalue weighted by molar-refractivity contribution is -0.122. The van der Waals surface area contributed by atoms with Gasteiger partial charge >= 0.3 is 0 Å². The third-order valence-corrected chi connectivity index (χ3v) is 6.00. The van der Waals surface area contributed by atoms with Gasteiger partial charge in [-0.2, -0.15) is 0 Å². The summed E-state index contributed by atoms with van der Waals surface area (Å²) in [4.78, 5) is 12.7. The number of rotatable bonds is 6. The Morgan fingerprint density at radius 1 is 1.04 bits per heavy atom. The minimum absolute atomic E-state index is 0.308. The van der Waals surface area contributed by atoms with Crippen LogP contribution in [0.15, 0.2) is 66.7 Å². The maximum absolute atomic E-state index is 12.7. The van der Waals surface area contributed by atoms with Crippen LogP contribution in [-0.2, 0) is 21.4 Å². The van der Waals surface area contributed by atoms with Gasteiger partial charge in [0.05, 0.1) is 11.9 Å². The van der Waals surface area contributed by atoms with Crippen LogP contribution in [0.3, 0.4) is 0 Å². The second kappa shape index (κ2) is 8.20. The number of hydrogen-bond acceptors (Lipinski definition) is 3. The molecule has 0 saturated heterocycles. The summed E-state index contributed by atoms with van der Waals surface area (Å²) in [6, 6.07) is 19.2.